The van der Waals surface area contributed by atoms with E-state index in [-0.39, 0.29) is 24.9 Å². The number of nitrogens with one attached hydrogen (secondary N) is 4. The minimum absolute atomic E-state index is 0.139. The van der Waals surface area contributed by atoms with Crippen LogP contribution in [0.15, 0.2) is 94.1 Å². The van der Waals surface area contributed by atoms with Crippen LogP contribution in [0.1, 0.15) is 36.1 Å². The van der Waals surface area contributed by atoms with Crippen LogP contribution in [0.5, 0.6) is 0 Å². The van der Waals surface area contributed by atoms with E-state index in [9.17, 15) is 9.59 Å². The van der Waals surface area contributed by atoms with Crippen LogP contribution in [-0.2, 0) is 9.59 Å². The van der Waals surface area contributed by atoms with Crippen LogP contribution in [0.4, 0.5) is 11.4 Å². The van der Waals surface area contributed by atoms with Crippen molar-refractivity contribution in [3.63, 3.8) is 0 Å². The van der Waals surface area contributed by atoms with Crippen LogP contribution < -0.4 is 21.5 Å². The van der Waals surface area contributed by atoms with Gasteiger partial charge in [-0.05, 0) is 85.4 Å². The number of aryl methyl sites for hydroxylation is 2. The Labute approximate surface area is 236 Å². The van der Waals surface area contributed by atoms with Crippen molar-refractivity contribution in [1.82, 2.24) is 10.9 Å². The normalized spacial score (nSPS) is 12.0. The first-order valence-electron chi connectivity index (χ1n) is 13.0. The van der Waals surface area contributed by atoms with E-state index < -0.39 is 0 Å². The second-order valence-electron chi connectivity index (χ2n) is 9.48. The van der Waals surface area contributed by atoms with Gasteiger partial charge in [-0.25, -0.2) is 10.9 Å². The summed E-state index contributed by atoms with van der Waals surface area (Å²) in [4.78, 5) is 24.0. The molecule has 0 bridgehead atoms. The Morgan fingerprint density at radius 3 is 1.43 bits per heavy atom. The quantitative estimate of drug-likeness (QED) is 0.180. The first kappa shape index (κ1) is 29.6. The zero-order chi connectivity index (χ0) is 28.7. The minimum Gasteiger partial charge on any atom is -0.376 e. The molecule has 8 nitrogen and oxygen atoms in total. The van der Waals surface area contributed by atoms with E-state index in [2.05, 4.69) is 31.7 Å². The highest BCUT2D eigenvalue weighted by atomic mass is 16.2. The molecule has 3 aromatic rings. The number of carbonyl (C=O) groups is 2. The summed E-state index contributed by atoms with van der Waals surface area (Å²) >= 11 is 0. The van der Waals surface area contributed by atoms with Crippen molar-refractivity contribution >= 4 is 47.8 Å². The third kappa shape index (κ3) is 11.2. The predicted octanol–water partition coefficient (Wildman–Crippen LogP) is 5.54. The SMILES string of the molecule is CC(/C=N/NC(=O)CNc1cccc(C)c1)=C\c1ccc(/C=C(C)/C=N/NC(=O)CNc2cccc(C)c2)cc1. The highest BCUT2D eigenvalue weighted by Crippen LogP contribution is 2.12. The van der Waals surface area contributed by atoms with Gasteiger partial charge in [0.25, 0.3) is 11.8 Å². The van der Waals surface area contributed by atoms with Crippen molar-refractivity contribution in [3.8, 4) is 0 Å². The van der Waals surface area contributed by atoms with E-state index in [1.807, 2.05) is 113 Å². The first-order chi connectivity index (χ1) is 19.3. The highest BCUT2D eigenvalue weighted by Gasteiger charge is 2.01. The van der Waals surface area contributed by atoms with Gasteiger partial charge in [-0.1, -0.05) is 60.7 Å². The number of nitrogens with zero attached hydrogens (tertiary/aromatic N) is 2. The fourth-order valence-electron chi connectivity index (χ4n) is 3.65. The topological polar surface area (TPSA) is 107 Å². The molecular weight excluding hydrogens is 500 g/mol. The molecule has 0 fully saturated rings. The molecule has 0 aliphatic heterocycles. The van der Waals surface area contributed by atoms with Gasteiger partial charge in [0.05, 0.1) is 25.5 Å². The number of benzene rings is 3. The Morgan fingerprint density at radius 1 is 0.650 bits per heavy atom. The van der Waals surface area contributed by atoms with Crippen LogP contribution in [-0.4, -0.2) is 37.3 Å². The Morgan fingerprint density at radius 2 is 1.05 bits per heavy atom. The number of hydrazone groups is 2. The molecule has 3 aromatic carbocycles. The molecule has 0 radical (unpaired) electrons. The van der Waals surface area contributed by atoms with Gasteiger partial charge in [0.1, 0.15) is 0 Å². The van der Waals surface area contributed by atoms with Crippen LogP contribution >= 0.6 is 0 Å². The molecule has 0 heterocycles. The van der Waals surface area contributed by atoms with E-state index >= 15 is 0 Å². The van der Waals surface area contributed by atoms with Gasteiger partial charge in [0, 0.05) is 11.4 Å². The molecule has 0 atom stereocenters. The molecule has 206 valence electrons. The third-order valence-electron chi connectivity index (χ3n) is 5.58. The van der Waals surface area contributed by atoms with Gasteiger partial charge >= 0.3 is 0 Å². The zero-order valence-electron chi connectivity index (χ0n) is 23.4. The predicted molar refractivity (Wildman–Crippen MR) is 166 cm³/mol. The summed E-state index contributed by atoms with van der Waals surface area (Å²) in [6, 6.07) is 23.7. The van der Waals surface area contributed by atoms with Crippen LogP contribution in [0.3, 0.4) is 0 Å². The molecule has 0 aliphatic rings. The second kappa shape index (κ2) is 15.4. The average molecular weight is 537 g/mol. The van der Waals surface area contributed by atoms with Crippen LogP contribution in [0.25, 0.3) is 12.2 Å². The summed E-state index contributed by atoms with van der Waals surface area (Å²) in [6.45, 7) is 8.12. The molecular formula is C32H36N6O2. The molecule has 0 saturated heterocycles. The van der Waals surface area contributed by atoms with Crippen molar-refractivity contribution in [2.45, 2.75) is 27.7 Å². The average Bonchev–Trinajstić information content (AvgIpc) is 2.92. The fraction of sp³-hybridized carbons (Fsp3) is 0.188. The summed E-state index contributed by atoms with van der Waals surface area (Å²) in [5, 5.41) is 14.2. The molecule has 0 aromatic heterocycles. The Hall–Kier alpha value is -4.98. The molecule has 40 heavy (non-hydrogen) atoms. The molecule has 8 heteroatoms. The number of anilines is 2. The van der Waals surface area contributed by atoms with Crippen LogP contribution in [0, 0.1) is 13.8 Å². The summed E-state index contributed by atoms with van der Waals surface area (Å²) in [5.74, 6) is -0.446. The van der Waals surface area contributed by atoms with Gasteiger partial charge < -0.3 is 10.6 Å². The summed E-state index contributed by atoms with van der Waals surface area (Å²) in [7, 11) is 0. The molecule has 0 spiro atoms. The lowest BCUT2D eigenvalue weighted by atomic mass is 10.1. The number of allylic oxidation sites excluding steroid dienone is 2. The zero-order valence-corrected chi connectivity index (χ0v) is 23.4. The number of amides is 2. The Bertz CT molecular complexity index is 1310. The maximum atomic E-state index is 12.0. The number of hydrogen-bond acceptors (Lipinski definition) is 6. The van der Waals surface area contributed by atoms with Crippen LogP contribution in [0.2, 0.25) is 0 Å². The first-order valence-corrected chi connectivity index (χ1v) is 13.0. The maximum Gasteiger partial charge on any atom is 0.259 e. The number of rotatable bonds is 12. The van der Waals surface area contributed by atoms with E-state index in [1.165, 1.54) is 0 Å². The van der Waals surface area contributed by atoms with Crippen molar-refractivity contribution in [2.24, 2.45) is 10.2 Å². The molecule has 2 amide bonds. The van der Waals surface area contributed by atoms with Gasteiger partial charge in [0.2, 0.25) is 0 Å². The Kier molecular flexibility index (Phi) is 11.4. The number of carbonyl (C=O) groups excluding carboxylic acids is 2. The molecule has 3 rings (SSSR count). The maximum absolute atomic E-state index is 12.0. The highest BCUT2D eigenvalue weighted by molar-refractivity contribution is 5.88. The summed E-state index contributed by atoms with van der Waals surface area (Å²) < 4.78 is 0. The van der Waals surface area contributed by atoms with Crippen molar-refractivity contribution in [2.75, 3.05) is 23.7 Å². The summed E-state index contributed by atoms with van der Waals surface area (Å²) in [6.07, 6.45) is 7.18. The monoisotopic (exact) mass is 536 g/mol. The largest absolute Gasteiger partial charge is 0.376 e. The van der Waals surface area contributed by atoms with Gasteiger partial charge in [-0.3, -0.25) is 9.59 Å². The van der Waals surface area contributed by atoms with Gasteiger partial charge in [-0.15, -0.1) is 0 Å². The van der Waals surface area contributed by atoms with E-state index in [0.29, 0.717) is 0 Å². The fourth-order valence-corrected chi connectivity index (χ4v) is 3.65. The molecule has 0 saturated carbocycles. The van der Waals surface area contributed by atoms with E-state index in [0.717, 1.165) is 44.8 Å². The van der Waals surface area contributed by atoms with E-state index in [1.54, 1.807) is 12.4 Å². The molecule has 0 unspecified atom stereocenters. The molecule has 0 aliphatic carbocycles. The van der Waals surface area contributed by atoms with E-state index in [4.69, 9.17) is 0 Å². The lowest BCUT2D eigenvalue weighted by Crippen LogP contribution is -2.25. The van der Waals surface area contributed by atoms with Gasteiger partial charge in [0.15, 0.2) is 0 Å². The van der Waals surface area contributed by atoms with Gasteiger partial charge in [-0.2, -0.15) is 10.2 Å². The lowest BCUT2D eigenvalue weighted by molar-refractivity contribution is -0.120. The lowest BCUT2D eigenvalue weighted by Gasteiger charge is -2.05. The van der Waals surface area contributed by atoms with Crippen molar-refractivity contribution in [1.29, 1.82) is 0 Å². The molecule has 4 N–H and O–H groups in total. The minimum atomic E-state index is -0.223. The number of hydrogen-bond donors (Lipinski definition) is 4. The Balaban J connectivity index is 1.41. The van der Waals surface area contributed by atoms with Crippen molar-refractivity contribution in [3.05, 3.63) is 106 Å². The second-order valence-corrected chi connectivity index (χ2v) is 9.48. The standard InChI is InChI=1S/C32H36N6O2/c1-23-7-5-9-29(17-23)33-21-31(39)37-35-19-25(3)15-27-11-13-28(14-12-27)16-26(4)20-36-38-32(40)22-34-30-10-6-8-24(2)18-30/h5-20,33-34H,21-22H2,1-4H3,(H,37,39)(H,38,40)/b25-15+,26-16+,35-19+,36-20+. The van der Waals surface area contributed by atoms with Crippen molar-refractivity contribution < 1.29 is 9.59 Å². The smallest absolute Gasteiger partial charge is 0.259 e. The third-order valence-corrected chi connectivity index (χ3v) is 5.58. The summed E-state index contributed by atoms with van der Waals surface area (Å²) in [5.41, 5.74) is 12.9.